The minimum atomic E-state index is 0.315. The van der Waals surface area contributed by atoms with Crippen molar-refractivity contribution >= 4 is 22.7 Å². The van der Waals surface area contributed by atoms with Crippen molar-refractivity contribution in [3.8, 4) is 0 Å². The molecule has 0 bridgehead atoms. The summed E-state index contributed by atoms with van der Waals surface area (Å²) in [5.41, 5.74) is 0. The van der Waals surface area contributed by atoms with E-state index in [1.165, 1.54) is 29.0 Å². The van der Waals surface area contributed by atoms with E-state index < -0.39 is 0 Å². The molecule has 2 aromatic rings. The van der Waals surface area contributed by atoms with Crippen molar-refractivity contribution in [3.63, 3.8) is 0 Å². The molecule has 3 rings (SSSR count). The summed E-state index contributed by atoms with van der Waals surface area (Å²) < 4.78 is 0. The molecule has 0 aliphatic heterocycles. The lowest BCUT2D eigenvalue weighted by atomic mass is 9.96. The van der Waals surface area contributed by atoms with Crippen LogP contribution in [0.1, 0.15) is 35.1 Å². The van der Waals surface area contributed by atoms with E-state index >= 15 is 0 Å². The zero-order chi connectivity index (χ0) is 13.8. The van der Waals surface area contributed by atoms with Gasteiger partial charge in [0, 0.05) is 16.4 Å². The Bertz CT molecular complexity index is 460. The second kappa shape index (κ2) is 6.85. The number of hydrogen-bond acceptors (Lipinski definition) is 4. The van der Waals surface area contributed by atoms with E-state index in [0.29, 0.717) is 24.5 Å². The van der Waals surface area contributed by atoms with Crippen LogP contribution in [0.3, 0.4) is 0 Å². The lowest BCUT2D eigenvalue weighted by Crippen LogP contribution is -2.30. The molecule has 2 nitrogen and oxygen atoms in total. The summed E-state index contributed by atoms with van der Waals surface area (Å²) in [6.45, 7) is 1.35. The molecule has 2 heterocycles. The van der Waals surface area contributed by atoms with E-state index in [1.807, 2.05) is 22.7 Å². The molecule has 0 aromatic carbocycles. The molecule has 20 heavy (non-hydrogen) atoms. The minimum absolute atomic E-state index is 0.315. The van der Waals surface area contributed by atoms with E-state index in [2.05, 4.69) is 40.3 Å². The van der Waals surface area contributed by atoms with Crippen LogP contribution in [0, 0.1) is 11.8 Å². The second-order valence-electron chi connectivity index (χ2n) is 5.51. The van der Waals surface area contributed by atoms with Gasteiger partial charge in [-0.25, -0.2) is 0 Å². The molecule has 0 spiro atoms. The predicted octanol–water partition coefficient (Wildman–Crippen LogP) is 3.90. The summed E-state index contributed by atoms with van der Waals surface area (Å²) in [6, 6.07) is 8.97. The molecule has 4 heteroatoms. The number of rotatable bonds is 6. The minimum Gasteiger partial charge on any atom is -0.396 e. The molecular weight excluding hydrogens is 286 g/mol. The highest BCUT2D eigenvalue weighted by Crippen LogP contribution is 2.33. The van der Waals surface area contributed by atoms with Gasteiger partial charge < -0.3 is 10.4 Å². The first-order valence-corrected chi connectivity index (χ1v) is 9.05. The van der Waals surface area contributed by atoms with Crippen LogP contribution in [0.2, 0.25) is 0 Å². The maximum absolute atomic E-state index is 9.45. The fourth-order valence-corrected chi connectivity index (χ4v) is 4.85. The maximum atomic E-state index is 9.45. The van der Waals surface area contributed by atoms with E-state index in [1.54, 1.807) is 0 Å². The fourth-order valence-electron chi connectivity index (χ4n) is 3.14. The highest BCUT2D eigenvalue weighted by molar-refractivity contribution is 7.11. The highest BCUT2D eigenvalue weighted by Gasteiger charge is 2.27. The van der Waals surface area contributed by atoms with Crippen LogP contribution in [0.4, 0.5) is 0 Å². The largest absolute Gasteiger partial charge is 0.396 e. The van der Waals surface area contributed by atoms with Crippen LogP contribution in [-0.4, -0.2) is 18.3 Å². The molecule has 1 fully saturated rings. The van der Waals surface area contributed by atoms with Gasteiger partial charge >= 0.3 is 0 Å². The lowest BCUT2D eigenvalue weighted by molar-refractivity contribution is 0.191. The first kappa shape index (κ1) is 14.3. The van der Waals surface area contributed by atoms with Gasteiger partial charge in [0.2, 0.25) is 0 Å². The van der Waals surface area contributed by atoms with Crippen molar-refractivity contribution in [2.75, 3.05) is 13.2 Å². The molecule has 2 unspecified atom stereocenters. The predicted molar refractivity (Wildman–Crippen MR) is 86.4 cm³/mol. The normalized spacial score (nSPS) is 22.7. The standard InChI is InChI=1S/C16H21NOS2/c18-11-13-5-1-4-12(13)10-17-16(14-6-2-8-19-14)15-7-3-9-20-15/h2-3,6-9,12-13,16-18H,1,4-5,10-11H2. The molecule has 2 N–H and O–H groups in total. The van der Waals surface area contributed by atoms with E-state index in [4.69, 9.17) is 0 Å². The third kappa shape index (κ3) is 3.14. The average molecular weight is 307 g/mol. The molecule has 108 valence electrons. The SMILES string of the molecule is OCC1CCCC1CNC(c1cccs1)c1cccs1. The van der Waals surface area contributed by atoms with Crippen LogP contribution in [0.15, 0.2) is 35.0 Å². The quantitative estimate of drug-likeness (QED) is 0.848. The van der Waals surface area contributed by atoms with Crippen molar-refractivity contribution in [1.29, 1.82) is 0 Å². The molecule has 0 saturated heterocycles. The maximum Gasteiger partial charge on any atom is 0.0764 e. The zero-order valence-corrected chi connectivity index (χ0v) is 13.1. The summed E-state index contributed by atoms with van der Waals surface area (Å²) in [5, 5.41) is 17.5. The summed E-state index contributed by atoms with van der Waals surface area (Å²) >= 11 is 3.63. The Morgan fingerprint density at radius 3 is 2.30 bits per heavy atom. The smallest absolute Gasteiger partial charge is 0.0764 e. The number of nitrogens with one attached hydrogen (secondary N) is 1. The van der Waals surface area contributed by atoms with Gasteiger partial charge in [-0.3, -0.25) is 0 Å². The highest BCUT2D eigenvalue weighted by atomic mass is 32.1. The van der Waals surface area contributed by atoms with Crippen LogP contribution >= 0.6 is 22.7 Å². The topological polar surface area (TPSA) is 32.3 Å². The summed E-state index contributed by atoms with van der Waals surface area (Å²) in [7, 11) is 0. The third-order valence-electron chi connectivity index (χ3n) is 4.29. The van der Waals surface area contributed by atoms with E-state index in [9.17, 15) is 5.11 Å². The molecule has 2 atom stereocenters. The Labute approximate surface area is 128 Å². The molecule has 0 radical (unpaired) electrons. The Kier molecular flexibility index (Phi) is 4.89. The summed E-state index contributed by atoms with van der Waals surface area (Å²) in [6.07, 6.45) is 3.70. The van der Waals surface area contributed by atoms with Crippen LogP contribution < -0.4 is 5.32 Å². The van der Waals surface area contributed by atoms with Gasteiger partial charge in [0.05, 0.1) is 6.04 Å². The molecule has 1 aliphatic carbocycles. The first-order chi connectivity index (χ1) is 9.88. The Hall–Kier alpha value is -0.680. The van der Waals surface area contributed by atoms with Gasteiger partial charge in [-0.05, 0) is 54.1 Å². The van der Waals surface area contributed by atoms with E-state index in [-0.39, 0.29) is 0 Å². The molecular formula is C16H21NOS2. The van der Waals surface area contributed by atoms with Crippen molar-refractivity contribution in [1.82, 2.24) is 5.32 Å². The molecule has 1 aliphatic rings. The third-order valence-corrected chi connectivity index (χ3v) is 6.16. The zero-order valence-electron chi connectivity index (χ0n) is 11.5. The van der Waals surface area contributed by atoms with Gasteiger partial charge in [0.25, 0.3) is 0 Å². The molecule has 2 aromatic heterocycles. The van der Waals surface area contributed by atoms with Crippen molar-refractivity contribution in [2.24, 2.45) is 11.8 Å². The van der Waals surface area contributed by atoms with E-state index in [0.717, 1.165) is 6.54 Å². The summed E-state index contributed by atoms with van der Waals surface area (Å²) in [5.74, 6) is 1.12. The van der Waals surface area contributed by atoms with Gasteiger partial charge in [-0.15, -0.1) is 22.7 Å². The number of aliphatic hydroxyl groups is 1. The Morgan fingerprint density at radius 1 is 1.10 bits per heavy atom. The van der Waals surface area contributed by atoms with Crippen LogP contribution in [-0.2, 0) is 0 Å². The van der Waals surface area contributed by atoms with Crippen molar-refractivity contribution in [3.05, 3.63) is 44.8 Å². The van der Waals surface area contributed by atoms with Gasteiger partial charge in [0.15, 0.2) is 0 Å². The van der Waals surface area contributed by atoms with Crippen molar-refractivity contribution < 1.29 is 5.11 Å². The van der Waals surface area contributed by atoms with Crippen LogP contribution in [0.25, 0.3) is 0 Å². The Morgan fingerprint density at radius 2 is 1.75 bits per heavy atom. The van der Waals surface area contributed by atoms with Crippen LogP contribution in [0.5, 0.6) is 0 Å². The Balaban J connectivity index is 1.68. The number of hydrogen-bond donors (Lipinski definition) is 2. The summed E-state index contributed by atoms with van der Waals surface area (Å²) in [4.78, 5) is 2.76. The van der Waals surface area contributed by atoms with Gasteiger partial charge in [0.1, 0.15) is 0 Å². The lowest BCUT2D eigenvalue weighted by Gasteiger charge is -2.22. The monoisotopic (exact) mass is 307 g/mol. The fraction of sp³-hybridized carbons (Fsp3) is 0.500. The molecule has 1 saturated carbocycles. The average Bonchev–Trinajstić information content (AvgIpc) is 3.22. The van der Waals surface area contributed by atoms with Gasteiger partial charge in [-0.2, -0.15) is 0 Å². The first-order valence-electron chi connectivity index (χ1n) is 7.29. The number of aliphatic hydroxyl groups excluding tert-OH is 1. The molecule has 0 amide bonds. The second-order valence-corrected chi connectivity index (χ2v) is 7.46. The van der Waals surface area contributed by atoms with Gasteiger partial charge in [-0.1, -0.05) is 18.6 Å². The number of thiophene rings is 2. The van der Waals surface area contributed by atoms with Crippen molar-refractivity contribution in [2.45, 2.75) is 25.3 Å².